The van der Waals surface area contributed by atoms with Crippen molar-refractivity contribution in [1.29, 1.82) is 0 Å². The van der Waals surface area contributed by atoms with Crippen LogP contribution in [-0.4, -0.2) is 55.9 Å². The van der Waals surface area contributed by atoms with Gasteiger partial charge in [0, 0.05) is 59.4 Å². The molecule has 2 atom stereocenters. The van der Waals surface area contributed by atoms with Gasteiger partial charge in [-0.1, -0.05) is 78.8 Å². The number of rotatable bonds is 9. The summed E-state index contributed by atoms with van der Waals surface area (Å²) in [6, 6.07) is 29.9. The number of halogens is 1. The summed E-state index contributed by atoms with van der Waals surface area (Å²) in [5.74, 6) is 0.637. The lowest BCUT2D eigenvalue weighted by molar-refractivity contribution is 0.103. The molecule has 0 aliphatic carbocycles. The van der Waals surface area contributed by atoms with Crippen LogP contribution in [0.25, 0.3) is 16.8 Å². The first kappa shape index (κ1) is 29.4. The van der Waals surface area contributed by atoms with Gasteiger partial charge in [0.2, 0.25) is 0 Å². The van der Waals surface area contributed by atoms with Gasteiger partial charge in [0.1, 0.15) is 6.33 Å². The monoisotopic (exact) mass is 616 g/mol. The van der Waals surface area contributed by atoms with Crippen molar-refractivity contribution in [3.63, 3.8) is 0 Å². The largest absolute Gasteiger partial charge is 0.373 e. The normalized spacial score (nSPS) is 17.8. The summed E-state index contributed by atoms with van der Waals surface area (Å²) in [6.07, 6.45) is 9.06. The molecule has 8 heteroatoms. The topological polar surface area (TPSA) is 69.0 Å². The molecule has 7 nitrogen and oxygen atoms in total. The van der Waals surface area contributed by atoms with Crippen LogP contribution in [0.1, 0.15) is 59.9 Å². The third kappa shape index (κ3) is 6.56. The number of hydrogen-bond acceptors (Lipinski definition) is 6. The Kier molecular flexibility index (Phi) is 8.71. The molecule has 45 heavy (non-hydrogen) atoms. The van der Waals surface area contributed by atoms with Gasteiger partial charge in [-0.05, 0) is 89.4 Å². The van der Waals surface area contributed by atoms with Crippen LogP contribution in [0, 0.1) is 0 Å². The van der Waals surface area contributed by atoms with E-state index in [0.717, 1.165) is 74.3 Å². The average molecular weight is 617 g/mol. The molecule has 3 aromatic carbocycles. The Hall–Kier alpha value is -4.33. The van der Waals surface area contributed by atoms with Crippen LogP contribution in [0.15, 0.2) is 110 Å². The Morgan fingerprint density at radius 1 is 0.956 bits per heavy atom. The Morgan fingerprint density at radius 3 is 2.56 bits per heavy atom. The van der Waals surface area contributed by atoms with Crippen LogP contribution in [0.3, 0.4) is 0 Å². The van der Waals surface area contributed by atoms with Crippen LogP contribution >= 0.6 is 11.6 Å². The van der Waals surface area contributed by atoms with E-state index < -0.39 is 0 Å². The van der Waals surface area contributed by atoms with Gasteiger partial charge < -0.3 is 9.64 Å². The van der Waals surface area contributed by atoms with Crippen molar-refractivity contribution in [2.24, 2.45) is 0 Å². The van der Waals surface area contributed by atoms with Crippen molar-refractivity contribution in [3.8, 4) is 16.8 Å². The van der Waals surface area contributed by atoms with Crippen LogP contribution in [-0.2, 0) is 11.2 Å². The van der Waals surface area contributed by atoms with Crippen molar-refractivity contribution in [2.75, 3.05) is 19.7 Å². The SMILES string of the molecule is C=C(C1CCCO1)N1CCC(c2cccc([C@H](Cc3ccccc3)c3ccc(-c4cc(Cl)ccc4-n4cnnn4)cn3)c2)CC1. The summed E-state index contributed by atoms with van der Waals surface area (Å²) in [5.41, 5.74) is 8.91. The minimum Gasteiger partial charge on any atom is -0.373 e. The fourth-order valence-corrected chi connectivity index (χ4v) is 6.97. The molecule has 0 saturated carbocycles. The third-order valence-corrected chi connectivity index (χ3v) is 9.51. The van der Waals surface area contributed by atoms with E-state index in [1.54, 1.807) is 11.0 Å². The number of benzene rings is 3. The molecule has 0 spiro atoms. The maximum Gasteiger partial charge on any atom is 0.143 e. The highest BCUT2D eigenvalue weighted by Crippen LogP contribution is 2.36. The van der Waals surface area contributed by atoms with Crippen molar-refractivity contribution in [3.05, 3.63) is 137 Å². The predicted octanol–water partition coefficient (Wildman–Crippen LogP) is 7.62. The first-order valence-electron chi connectivity index (χ1n) is 15.8. The van der Waals surface area contributed by atoms with E-state index in [-0.39, 0.29) is 12.0 Å². The predicted molar refractivity (Wildman–Crippen MR) is 177 cm³/mol. The summed E-state index contributed by atoms with van der Waals surface area (Å²) in [7, 11) is 0. The minimum absolute atomic E-state index is 0.110. The van der Waals surface area contributed by atoms with Gasteiger partial charge in [0.05, 0.1) is 11.8 Å². The second-order valence-electron chi connectivity index (χ2n) is 12.1. The first-order valence-corrected chi connectivity index (χ1v) is 16.2. The van der Waals surface area contributed by atoms with Crippen LogP contribution in [0.5, 0.6) is 0 Å². The summed E-state index contributed by atoms with van der Waals surface area (Å²) in [4.78, 5) is 7.51. The Labute approximate surface area is 269 Å². The highest BCUT2D eigenvalue weighted by molar-refractivity contribution is 6.31. The Morgan fingerprint density at radius 2 is 1.82 bits per heavy atom. The average Bonchev–Trinajstić information content (AvgIpc) is 3.84. The molecule has 7 rings (SSSR count). The smallest absolute Gasteiger partial charge is 0.143 e. The maximum atomic E-state index is 6.42. The molecule has 2 aliphatic rings. The molecule has 0 bridgehead atoms. The van der Waals surface area contributed by atoms with Gasteiger partial charge >= 0.3 is 0 Å². The molecule has 2 fully saturated rings. The second-order valence-corrected chi connectivity index (χ2v) is 12.5. The van der Waals surface area contributed by atoms with E-state index in [9.17, 15) is 0 Å². The number of likely N-dealkylation sites (tertiary alicyclic amines) is 1. The molecule has 2 aliphatic heterocycles. The van der Waals surface area contributed by atoms with Gasteiger partial charge in [0.25, 0.3) is 0 Å². The van der Waals surface area contributed by atoms with Gasteiger partial charge in [0.15, 0.2) is 0 Å². The molecule has 228 valence electrons. The van der Waals surface area contributed by atoms with Crippen molar-refractivity contribution < 1.29 is 4.74 Å². The molecule has 0 radical (unpaired) electrons. The zero-order valence-electron chi connectivity index (χ0n) is 25.3. The van der Waals surface area contributed by atoms with Gasteiger partial charge in [-0.15, -0.1) is 5.10 Å². The standard InChI is InChI=1S/C37H37ClN6O/c1-26(37-11-6-20-45-37)43-18-16-28(17-19-43)29-9-5-10-30(22-29)33(21-27-7-3-2-4-8-27)35-14-12-31(24-39-35)34-23-32(38)13-15-36(34)44-25-40-41-42-44/h2-5,7-10,12-15,22-25,28,33,37H,1,6,11,16-21H2/t33-,37?/m0/s1. The highest BCUT2D eigenvalue weighted by atomic mass is 35.5. The molecule has 2 aromatic heterocycles. The lowest BCUT2D eigenvalue weighted by Gasteiger charge is -2.36. The van der Waals surface area contributed by atoms with Crippen molar-refractivity contribution >= 4 is 11.6 Å². The number of aromatic nitrogens is 5. The number of pyridine rings is 1. The third-order valence-electron chi connectivity index (χ3n) is 9.28. The van der Waals surface area contributed by atoms with Crippen LogP contribution in [0.2, 0.25) is 5.02 Å². The summed E-state index contributed by atoms with van der Waals surface area (Å²) < 4.78 is 7.56. The molecule has 4 heterocycles. The van der Waals surface area contributed by atoms with Gasteiger partial charge in [-0.25, -0.2) is 0 Å². The fourth-order valence-electron chi connectivity index (χ4n) is 6.80. The molecule has 0 N–H and O–H groups in total. The van der Waals surface area contributed by atoms with E-state index in [4.69, 9.17) is 21.3 Å². The molecule has 0 amide bonds. The molecular weight excluding hydrogens is 580 g/mol. The Balaban J connectivity index is 1.15. The van der Waals surface area contributed by atoms with Gasteiger partial charge in [-0.3, -0.25) is 4.98 Å². The molecule has 2 saturated heterocycles. The maximum absolute atomic E-state index is 6.42. The number of hydrogen-bond donors (Lipinski definition) is 0. The van der Waals surface area contributed by atoms with Gasteiger partial charge in [-0.2, -0.15) is 4.68 Å². The number of tetrazole rings is 1. The first-order chi connectivity index (χ1) is 22.1. The lowest BCUT2D eigenvalue weighted by Crippen LogP contribution is -2.36. The second kappa shape index (κ2) is 13.3. The zero-order chi connectivity index (χ0) is 30.6. The summed E-state index contributed by atoms with van der Waals surface area (Å²) in [6.45, 7) is 7.31. The highest BCUT2D eigenvalue weighted by Gasteiger charge is 2.28. The number of nitrogens with zero attached hydrogens (tertiary/aromatic N) is 6. The number of ether oxygens (including phenoxy) is 1. The van der Waals surface area contributed by atoms with E-state index in [1.807, 2.05) is 24.4 Å². The molecule has 5 aromatic rings. The van der Waals surface area contributed by atoms with E-state index in [0.29, 0.717) is 10.9 Å². The summed E-state index contributed by atoms with van der Waals surface area (Å²) in [5, 5.41) is 12.4. The van der Waals surface area contributed by atoms with E-state index >= 15 is 0 Å². The fraction of sp³-hybridized carbons (Fsp3) is 0.297. The van der Waals surface area contributed by atoms with Crippen LogP contribution in [0.4, 0.5) is 0 Å². The minimum atomic E-state index is 0.110. The quantitative estimate of drug-likeness (QED) is 0.170. The van der Waals surface area contributed by atoms with Crippen molar-refractivity contribution in [2.45, 2.75) is 50.0 Å². The van der Waals surface area contributed by atoms with E-state index in [1.165, 1.54) is 22.4 Å². The Bertz CT molecular complexity index is 1730. The number of piperidine rings is 1. The van der Waals surface area contributed by atoms with Crippen LogP contribution < -0.4 is 0 Å². The van der Waals surface area contributed by atoms with E-state index in [2.05, 4.69) is 93.7 Å². The molecule has 1 unspecified atom stereocenters. The van der Waals surface area contributed by atoms with Crippen molar-refractivity contribution in [1.82, 2.24) is 30.1 Å². The molecular formula is C37H37ClN6O. The summed E-state index contributed by atoms with van der Waals surface area (Å²) >= 11 is 6.42. The zero-order valence-corrected chi connectivity index (χ0v) is 26.1. The lowest BCUT2D eigenvalue weighted by atomic mass is 9.83.